The van der Waals surface area contributed by atoms with Crippen molar-refractivity contribution in [3.05, 3.63) is 58.9 Å². The summed E-state index contributed by atoms with van der Waals surface area (Å²) < 4.78 is 20.4. The average molecular weight is 436 g/mol. The van der Waals surface area contributed by atoms with Crippen molar-refractivity contribution in [2.24, 2.45) is 5.73 Å². The fourth-order valence-electron chi connectivity index (χ4n) is 4.29. The molecule has 1 saturated heterocycles. The topological polar surface area (TPSA) is 99.7 Å². The summed E-state index contributed by atoms with van der Waals surface area (Å²) in [4.78, 5) is 27.3. The zero-order valence-corrected chi connectivity index (χ0v) is 17.9. The molecule has 0 aliphatic carbocycles. The first-order valence-electron chi connectivity index (χ1n) is 10.6. The Labute approximate surface area is 186 Å². The van der Waals surface area contributed by atoms with E-state index in [-0.39, 0.29) is 18.9 Å². The van der Waals surface area contributed by atoms with E-state index in [4.69, 9.17) is 10.5 Å². The first kappa shape index (κ1) is 21.9. The molecule has 2 aliphatic rings. The molecule has 2 aromatic carbocycles. The number of carbonyl (C=O) groups excluding carboxylic acids is 2. The zero-order valence-electron chi connectivity index (χ0n) is 17.9. The van der Waals surface area contributed by atoms with Crippen LogP contribution in [0.5, 0.6) is 0 Å². The molecule has 2 heterocycles. The van der Waals surface area contributed by atoms with Crippen LogP contribution in [0.1, 0.15) is 27.9 Å². The molecule has 4 rings (SSSR count). The number of ether oxygens (including phenoxy) is 1. The first-order valence-corrected chi connectivity index (χ1v) is 10.6. The SMILES string of the molecule is CN1Cc2ccc(-c3ccc(C[C@@H](C#N)N4CCCO[C@H](C(N)=O)C4)c(F)c3)cc2C1=O. The number of amides is 2. The maximum Gasteiger partial charge on any atom is 0.254 e. The molecule has 0 unspecified atom stereocenters. The van der Waals surface area contributed by atoms with Crippen LogP contribution in [0.15, 0.2) is 36.4 Å². The summed E-state index contributed by atoms with van der Waals surface area (Å²) in [5, 5.41) is 9.71. The maximum absolute atomic E-state index is 15.0. The normalized spacial score (nSPS) is 19.8. The zero-order chi connectivity index (χ0) is 22.8. The molecular weight excluding hydrogens is 411 g/mol. The van der Waals surface area contributed by atoms with Gasteiger partial charge in [-0.05, 0) is 40.8 Å². The van der Waals surface area contributed by atoms with Crippen molar-refractivity contribution in [2.75, 3.05) is 26.7 Å². The predicted molar refractivity (Wildman–Crippen MR) is 116 cm³/mol. The van der Waals surface area contributed by atoms with E-state index in [1.807, 2.05) is 17.0 Å². The number of nitriles is 1. The van der Waals surface area contributed by atoms with E-state index in [9.17, 15) is 19.2 Å². The highest BCUT2D eigenvalue weighted by molar-refractivity contribution is 5.99. The minimum absolute atomic E-state index is 0.0356. The van der Waals surface area contributed by atoms with Gasteiger partial charge < -0.3 is 15.4 Å². The van der Waals surface area contributed by atoms with Crippen LogP contribution in [0.25, 0.3) is 11.1 Å². The molecular formula is C24H25FN4O3. The lowest BCUT2D eigenvalue weighted by atomic mass is 9.97. The standard InChI is InChI=1S/C24H25FN4O3/c1-28-13-18-6-4-15(10-20(18)24(28)31)16-3-5-17(21(25)11-16)9-19(12-26)29-7-2-8-32-22(14-29)23(27)30/h3-6,10-11,19,22H,2,7-9,13-14H2,1H3,(H2,27,30)/t19-,22-/m0/s1. The Bertz CT molecular complexity index is 1100. The van der Waals surface area contributed by atoms with Crippen molar-refractivity contribution in [1.29, 1.82) is 5.26 Å². The number of nitrogens with two attached hydrogens (primary N) is 1. The molecule has 2 aromatic rings. The number of primary amides is 1. The van der Waals surface area contributed by atoms with Gasteiger partial charge in [-0.1, -0.05) is 24.3 Å². The fraction of sp³-hybridized carbons (Fsp3) is 0.375. The van der Waals surface area contributed by atoms with E-state index < -0.39 is 23.9 Å². The Kier molecular flexibility index (Phi) is 6.21. The Hall–Kier alpha value is -3.28. The van der Waals surface area contributed by atoms with Gasteiger partial charge in [-0.2, -0.15) is 5.26 Å². The molecule has 0 spiro atoms. The maximum atomic E-state index is 15.0. The number of carbonyl (C=O) groups is 2. The Balaban J connectivity index is 1.53. The van der Waals surface area contributed by atoms with Crippen LogP contribution in [0, 0.1) is 17.1 Å². The molecule has 0 saturated carbocycles. The second kappa shape index (κ2) is 9.07. The summed E-state index contributed by atoms with van der Waals surface area (Å²) >= 11 is 0. The third-order valence-corrected chi connectivity index (χ3v) is 6.11. The Morgan fingerprint density at radius 3 is 2.78 bits per heavy atom. The molecule has 0 aromatic heterocycles. The molecule has 166 valence electrons. The molecule has 2 amide bonds. The average Bonchev–Trinajstić information content (AvgIpc) is 2.95. The van der Waals surface area contributed by atoms with Crippen LogP contribution in [0.2, 0.25) is 0 Å². The number of rotatable bonds is 5. The molecule has 2 aliphatic heterocycles. The molecule has 0 bridgehead atoms. The summed E-state index contributed by atoms with van der Waals surface area (Å²) in [6, 6.07) is 12.1. The molecule has 32 heavy (non-hydrogen) atoms. The highest BCUT2D eigenvalue weighted by Crippen LogP contribution is 2.29. The van der Waals surface area contributed by atoms with Crippen molar-refractivity contribution >= 4 is 11.8 Å². The highest BCUT2D eigenvalue weighted by atomic mass is 19.1. The van der Waals surface area contributed by atoms with E-state index in [0.29, 0.717) is 42.8 Å². The third-order valence-electron chi connectivity index (χ3n) is 6.11. The minimum Gasteiger partial charge on any atom is -0.367 e. The number of fused-ring (bicyclic) bond motifs is 1. The van der Waals surface area contributed by atoms with Gasteiger partial charge in [0.05, 0.1) is 6.07 Å². The summed E-state index contributed by atoms with van der Waals surface area (Å²) in [7, 11) is 1.75. The van der Waals surface area contributed by atoms with Gasteiger partial charge in [0.2, 0.25) is 5.91 Å². The van der Waals surface area contributed by atoms with Gasteiger partial charge in [-0.15, -0.1) is 0 Å². The Morgan fingerprint density at radius 1 is 1.31 bits per heavy atom. The van der Waals surface area contributed by atoms with Crippen LogP contribution in [0.3, 0.4) is 0 Å². The van der Waals surface area contributed by atoms with Gasteiger partial charge >= 0.3 is 0 Å². The number of nitrogens with zero attached hydrogens (tertiary/aromatic N) is 3. The Morgan fingerprint density at radius 2 is 2.06 bits per heavy atom. The van der Waals surface area contributed by atoms with Gasteiger partial charge in [-0.25, -0.2) is 4.39 Å². The van der Waals surface area contributed by atoms with E-state index >= 15 is 0 Å². The lowest BCUT2D eigenvalue weighted by molar-refractivity contribution is -0.129. The summed E-state index contributed by atoms with van der Waals surface area (Å²) in [6.07, 6.45) is 0.0686. The van der Waals surface area contributed by atoms with Gasteiger partial charge in [0.15, 0.2) is 0 Å². The van der Waals surface area contributed by atoms with Gasteiger partial charge in [0, 0.05) is 45.3 Å². The van der Waals surface area contributed by atoms with Crippen LogP contribution in [-0.2, 0) is 22.5 Å². The molecule has 2 atom stereocenters. The van der Waals surface area contributed by atoms with Crippen molar-refractivity contribution in [1.82, 2.24) is 9.80 Å². The summed E-state index contributed by atoms with van der Waals surface area (Å²) in [6.45, 7) is 1.75. The van der Waals surface area contributed by atoms with Crippen molar-refractivity contribution in [3.8, 4) is 17.2 Å². The van der Waals surface area contributed by atoms with E-state index in [2.05, 4.69) is 6.07 Å². The first-order chi connectivity index (χ1) is 15.4. The predicted octanol–water partition coefficient (Wildman–Crippen LogP) is 2.09. The number of hydrogen-bond donors (Lipinski definition) is 1. The molecule has 1 fully saturated rings. The quantitative estimate of drug-likeness (QED) is 0.774. The molecule has 2 N–H and O–H groups in total. The monoisotopic (exact) mass is 436 g/mol. The van der Waals surface area contributed by atoms with Gasteiger partial charge in [0.1, 0.15) is 18.0 Å². The van der Waals surface area contributed by atoms with E-state index in [1.165, 1.54) is 6.07 Å². The molecule has 7 nitrogen and oxygen atoms in total. The van der Waals surface area contributed by atoms with Crippen LogP contribution in [0.4, 0.5) is 4.39 Å². The van der Waals surface area contributed by atoms with Crippen molar-refractivity contribution in [3.63, 3.8) is 0 Å². The number of halogens is 1. The molecule has 8 heteroatoms. The van der Waals surface area contributed by atoms with Gasteiger partial charge in [-0.3, -0.25) is 14.5 Å². The van der Waals surface area contributed by atoms with Crippen LogP contribution in [-0.4, -0.2) is 60.5 Å². The molecule has 0 radical (unpaired) electrons. The van der Waals surface area contributed by atoms with Crippen molar-refractivity contribution in [2.45, 2.75) is 31.5 Å². The second-order valence-electron chi connectivity index (χ2n) is 8.30. The lowest BCUT2D eigenvalue weighted by Gasteiger charge is -2.27. The summed E-state index contributed by atoms with van der Waals surface area (Å²) in [5.74, 6) is -1.01. The van der Waals surface area contributed by atoms with Crippen molar-refractivity contribution < 1.29 is 18.7 Å². The van der Waals surface area contributed by atoms with Crippen LogP contribution < -0.4 is 5.73 Å². The number of benzene rings is 2. The smallest absolute Gasteiger partial charge is 0.254 e. The second-order valence-corrected chi connectivity index (χ2v) is 8.30. The van der Waals surface area contributed by atoms with Crippen LogP contribution >= 0.6 is 0 Å². The van der Waals surface area contributed by atoms with E-state index in [0.717, 1.165) is 11.1 Å². The number of hydrogen-bond acceptors (Lipinski definition) is 5. The lowest BCUT2D eigenvalue weighted by Crippen LogP contribution is -2.45. The minimum atomic E-state index is -0.776. The largest absolute Gasteiger partial charge is 0.367 e. The fourth-order valence-corrected chi connectivity index (χ4v) is 4.29. The summed E-state index contributed by atoms with van der Waals surface area (Å²) in [5.41, 5.74) is 8.84. The van der Waals surface area contributed by atoms with E-state index in [1.54, 1.807) is 30.1 Å². The highest BCUT2D eigenvalue weighted by Gasteiger charge is 2.29. The third kappa shape index (κ3) is 4.35. The van der Waals surface area contributed by atoms with Gasteiger partial charge in [0.25, 0.3) is 5.91 Å².